The van der Waals surface area contributed by atoms with E-state index >= 15 is 0 Å². The molecule has 1 aromatic heterocycles. The van der Waals surface area contributed by atoms with Crippen LogP contribution in [0.5, 0.6) is 0 Å². The van der Waals surface area contributed by atoms with Crippen molar-refractivity contribution in [2.75, 3.05) is 19.7 Å². The van der Waals surface area contributed by atoms with Crippen molar-refractivity contribution in [1.29, 1.82) is 0 Å². The Morgan fingerprint density at radius 1 is 1.33 bits per heavy atom. The van der Waals surface area contributed by atoms with Gasteiger partial charge in [0.1, 0.15) is 5.69 Å². The minimum atomic E-state index is -0.448. The molecule has 3 rings (SSSR count). The number of piperidine rings is 1. The number of hydrogen-bond acceptors (Lipinski definition) is 5. The quantitative estimate of drug-likeness (QED) is 0.855. The highest BCUT2D eigenvalue weighted by Crippen LogP contribution is 2.23. The molecule has 0 saturated carbocycles. The van der Waals surface area contributed by atoms with Crippen molar-refractivity contribution in [2.24, 2.45) is 5.92 Å². The lowest BCUT2D eigenvalue weighted by Crippen LogP contribution is -2.32. The third kappa shape index (κ3) is 3.82. The van der Waals surface area contributed by atoms with E-state index in [0.29, 0.717) is 12.3 Å². The average molecular weight is 328 g/mol. The predicted octanol–water partition coefficient (Wildman–Crippen LogP) is 2.88. The normalized spacial score (nSPS) is 16.2. The molecule has 128 valence electrons. The lowest BCUT2D eigenvalue weighted by Gasteiger charge is -2.30. The number of likely N-dealkylation sites (tertiary alicyclic amines) is 1. The summed E-state index contributed by atoms with van der Waals surface area (Å²) < 4.78 is 5.04. The second kappa shape index (κ2) is 7.57. The molecule has 1 aromatic carbocycles. The molecule has 2 heterocycles. The van der Waals surface area contributed by atoms with E-state index in [1.807, 2.05) is 12.1 Å². The van der Waals surface area contributed by atoms with Gasteiger partial charge in [-0.3, -0.25) is 4.90 Å². The maximum Gasteiger partial charge on any atom is 0.361 e. The Labute approximate surface area is 142 Å². The van der Waals surface area contributed by atoms with Crippen LogP contribution in [0.4, 0.5) is 0 Å². The van der Waals surface area contributed by atoms with E-state index in [9.17, 15) is 4.79 Å². The number of aromatic nitrogens is 3. The van der Waals surface area contributed by atoms with Crippen molar-refractivity contribution in [3.8, 4) is 11.3 Å². The number of carbonyl (C=O) groups is 1. The lowest BCUT2D eigenvalue weighted by molar-refractivity contribution is 0.0520. The van der Waals surface area contributed by atoms with Crippen molar-refractivity contribution in [3.05, 3.63) is 35.5 Å². The molecular formula is C18H24N4O2. The van der Waals surface area contributed by atoms with Crippen LogP contribution in [0.15, 0.2) is 24.3 Å². The van der Waals surface area contributed by atoms with Crippen LogP contribution in [0, 0.1) is 5.92 Å². The second-order valence-electron chi connectivity index (χ2n) is 6.40. The highest BCUT2D eigenvalue weighted by atomic mass is 16.5. The summed E-state index contributed by atoms with van der Waals surface area (Å²) in [5, 5.41) is 10.6. The Morgan fingerprint density at radius 2 is 2.12 bits per heavy atom. The molecular weight excluding hydrogens is 304 g/mol. The minimum Gasteiger partial charge on any atom is -0.461 e. The van der Waals surface area contributed by atoms with Crippen LogP contribution < -0.4 is 0 Å². The number of nitrogens with one attached hydrogen (secondary N) is 1. The molecule has 0 aliphatic carbocycles. The van der Waals surface area contributed by atoms with Gasteiger partial charge in [-0.15, -0.1) is 5.10 Å². The first-order valence-corrected chi connectivity index (χ1v) is 8.57. The number of rotatable bonds is 5. The Kier molecular flexibility index (Phi) is 5.25. The van der Waals surface area contributed by atoms with Crippen LogP contribution in [0.2, 0.25) is 0 Å². The molecule has 0 amide bonds. The number of ether oxygens (including phenoxy) is 1. The van der Waals surface area contributed by atoms with Crippen molar-refractivity contribution in [1.82, 2.24) is 20.3 Å². The Bertz CT molecular complexity index is 690. The SMILES string of the molecule is CCOC(=O)c1n[nH]nc1-c1cccc(CN2CCC(C)CC2)c1. The fraction of sp³-hybridized carbons (Fsp3) is 0.500. The number of aromatic amines is 1. The van der Waals surface area contributed by atoms with Gasteiger partial charge in [0, 0.05) is 12.1 Å². The summed E-state index contributed by atoms with van der Waals surface area (Å²) in [6, 6.07) is 8.15. The highest BCUT2D eigenvalue weighted by Gasteiger charge is 2.20. The fourth-order valence-electron chi connectivity index (χ4n) is 3.07. The molecule has 6 heteroatoms. The Hall–Kier alpha value is -2.21. The van der Waals surface area contributed by atoms with E-state index in [2.05, 4.69) is 39.4 Å². The van der Waals surface area contributed by atoms with Crippen molar-refractivity contribution in [2.45, 2.75) is 33.2 Å². The summed E-state index contributed by atoms with van der Waals surface area (Å²) in [4.78, 5) is 14.5. The van der Waals surface area contributed by atoms with Crippen molar-refractivity contribution < 1.29 is 9.53 Å². The zero-order valence-electron chi connectivity index (χ0n) is 14.3. The molecule has 1 N–H and O–H groups in total. The summed E-state index contributed by atoms with van der Waals surface area (Å²) in [5.74, 6) is 0.381. The number of nitrogens with zero attached hydrogens (tertiary/aromatic N) is 3. The van der Waals surface area contributed by atoms with Crippen LogP contribution in [0.3, 0.4) is 0 Å². The maximum absolute atomic E-state index is 12.0. The van der Waals surface area contributed by atoms with Crippen LogP contribution >= 0.6 is 0 Å². The molecule has 1 fully saturated rings. The smallest absolute Gasteiger partial charge is 0.361 e. The zero-order chi connectivity index (χ0) is 16.9. The summed E-state index contributed by atoms with van der Waals surface area (Å²) >= 11 is 0. The van der Waals surface area contributed by atoms with Crippen molar-refractivity contribution in [3.63, 3.8) is 0 Å². The van der Waals surface area contributed by atoms with E-state index in [1.54, 1.807) is 6.92 Å². The van der Waals surface area contributed by atoms with E-state index in [0.717, 1.165) is 31.1 Å². The third-order valence-corrected chi connectivity index (χ3v) is 4.50. The van der Waals surface area contributed by atoms with Crippen LogP contribution in [0.1, 0.15) is 42.7 Å². The summed E-state index contributed by atoms with van der Waals surface area (Å²) in [6.07, 6.45) is 2.52. The van der Waals surface area contributed by atoms with E-state index in [-0.39, 0.29) is 5.69 Å². The molecule has 6 nitrogen and oxygen atoms in total. The average Bonchev–Trinajstić information content (AvgIpc) is 3.07. The summed E-state index contributed by atoms with van der Waals surface area (Å²) in [7, 11) is 0. The lowest BCUT2D eigenvalue weighted by atomic mass is 9.98. The standard InChI is InChI=1S/C18H24N4O2/c1-3-24-18(23)17-16(19-21-20-17)15-6-4-5-14(11-15)12-22-9-7-13(2)8-10-22/h4-6,11,13H,3,7-10,12H2,1-2H3,(H,19,20,21). The minimum absolute atomic E-state index is 0.237. The van der Waals surface area contributed by atoms with Gasteiger partial charge in [0.2, 0.25) is 0 Å². The number of esters is 1. The zero-order valence-corrected chi connectivity index (χ0v) is 14.3. The van der Waals surface area contributed by atoms with Gasteiger partial charge < -0.3 is 4.74 Å². The molecule has 1 aliphatic heterocycles. The largest absolute Gasteiger partial charge is 0.461 e. The number of H-pyrrole nitrogens is 1. The van der Waals surface area contributed by atoms with Gasteiger partial charge in [0.25, 0.3) is 0 Å². The predicted molar refractivity (Wildman–Crippen MR) is 91.5 cm³/mol. The first kappa shape index (κ1) is 16.6. The molecule has 1 aliphatic rings. The molecule has 2 aromatic rings. The molecule has 0 bridgehead atoms. The van der Waals surface area contributed by atoms with Crippen LogP contribution in [-0.4, -0.2) is 46.0 Å². The second-order valence-corrected chi connectivity index (χ2v) is 6.40. The number of hydrogen-bond donors (Lipinski definition) is 1. The van der Waals surface area contributed by atoms with Crippen molar-refractivity contribution >= 4 is 5.97 Å². The fourth-order valence-corrected chi connectivity index (χ4v) is 3.07. The molecule has 0 spiro atoms. The molecule has 0 atom stereocenters. The van der Waals surface area contributed by atoms with Gasteiger partial charge in [-0.1, -0.05) is 25.1 Å². The number of carbonyl (C=O) groups excluding carboxylic acids is 1. The van der Waals surface area contributed by atoms with Gasteiger partial charge in [-0.2, -0.15) is 10.3 Å². The topological polar surface area (TPSA) is 71.1 Å². The van der Waals surface area contributed by atoms with Gasteiger partial charge >= 0.3 is 5.97 Å². The summed E-state index contributed by atoms with van der Waals surface area (Å²) in [5.41, 5.74) is 2.89. The monoisotopic (exact) mass is 328 g/mol. The third-order valence-electron chi connectivity index (χ3n) is 4.50. The Balaban J connectivity index is 1.76. The maximum atomic E-state index is 12.0. The first-order valence-electron chi connectivity index (χ1n) is 8.57. The number of benzene rings is 1. The molecule has 0 unspecified atom stereocenters. The van der Waals surface area contributed by atoms with Gasteiger partial charge in [0.15, 0.2) is 5.69 Å². The molecule has 0 radical (unpaired) electrons. The van der Waals surface area contributed by atoms with Gasteiger partial charge in [0.05, 0.1) is 6.61 Å². The highest BCUT2D eigenvalue weighted by molar-refractivity contribution is 5.93. The van der Waals surface area contributed by atoms with Gasteiger partial charge in [-0.05, 0) is 50.4 Å². The molecule has 24 heavy (non-hydrogen) atoms. The van der Waals surface area contributed by atoms with Gasteiger partial charge in [-0.25, -0.2) is 4.79 Å². The van der Waals surface area contributed by atoms with Crippen LogP contribution in [-0.2, 0) is 11.3 Å². The van der Waals surface area contributed by atoms with E-state index in [4.69, 9.17) is 4.74 Å². The van der Waals surface area contributed by atoms with Crippen LogP contribution in [0.25, 0.3) is 11.3 Å². The summed E-state index contributed by atoms with van der Waals surface area (Å²) in [6.45, 7) is 7.62. The molecule has 1 saturated heterocycles. The Morgan fingerprint density at radius 3 is 2.88 bits per heavy atom. The van der Waals surface area contributed by atoms with E-state index in [1.165, 1.54) is 18.4 Å². The first-order chi connectivity index (χ1) is 11.7. The van der Waals surface area contributed by atoms with E-state index < -0.39 is 5.97 Å².